The van der Waals surface area contributed by atoms with Gasteiger partial charge in [-0.2, -0.15) is 0 Å². The van der Waals surface area contributed by atoms with E-state index in [1.807, 2.05) is 4.90 Å². The molecule has 2 heterocycles. The Morgan fingerprint density at radius 1 is 1.27 bits per heavy atom. The number of aryl methyl sites for hydroxylation is 1. The van der Waals surface area contributed by atoms with Crippen molar-refractivity contribution in [2.45, 2.75) is 30.7 Å². The Kier molecular flexibility index (Phi) is 5.34. The van der Waals surface area contributed by atoms with Crippen molar-refractivity contribution in [3.05, 3.63) is 29.3 Å². The van der Waals surface area contributed by atoms with Crippen LogP contribution in [0.5, 0.6) is 0 Å². The molecule has 1 atom stereocenters. The van der Waals surface area contributed by atoms with Gasteiger partial charge in [0.05, 0.1) is 11.4 Å². The van der Waals surface area contributed by atoms with Gasteiger partial charge in [0.2, 0.25) is 5.91 Å². The number of carbonyl (C=O) groups excluding carboxylic acids is 2. The van der Waals surface area contributed by atoms with E-state index < -0.39 is 9.84 Å². The van der Waals surface area contributed by atoms with Gasteiger partial charge in [0.15, 0.2) is 9.84 Å². The number of hydrogen-bond acceptors (Lipinski definition) is 5. The zero-order chi connectivity index (χ0) is 18.9. The van der Waals surface area contributed by atoms with Crippen LogP contribution in [0.1, 0.15) is 28.8 Å². The van der Waals surface area contributed by atoms with Gasteiger partial charge in [-0.3, -0.25) is 9.59 Å². The fourth-order valence-corrected chi connectivity index (χ4v) is 4.71. The molecule has 3 rings (SSSR count). The molecule has 7 nitrogen and oxygen atoms in total. The average Bonchev–Trinajstić information content (AvgIpc) is 2.61. The summed E-state index contributed by atoms with van der Waals surface area (Å²) in [6.07, 6.45) is 2.87. The molecule has 1 N–H and O–H groups in total. The van der Waals surface area contributed by atoms with E-state index in [2.05, 4.69) is 5.32 Å². The second-order valence-electron chi connectivity index (χ2n) is 7.06. The summed E-state index contributed by atoms with van der Waals surface area (Å²) in [5.41, 5.74) is 1.01. The molecule has 2 aliphatic heterocycles. The van der Waals surface area contributed by atoms with Crippen molar-refractivity contribution in [2.75, 3.05) is 39.0 Å². The molecule has 1 aromatic rings. The molecule has 0 radical (unpaired) electrons. The van der Waals surface area contributed by atoms with Crippen molar-refractivity contribution in [2.24, 2.45) is 0 Å². The number of piperazine rings is 1. The van der Waals surface area contributed by atoms with Crippen LogP contribution in [0.3, 0.4) is 0 Å². The Morgan fingerprint density at radius 2 is 2.04 bits per heavy atom. The standard InChI is InChI=1S/C18H25N3O4S/c1-13-5-6-14(10-16(13)26(2,24)25)18(23)20-8-3-4-15(12-20)21-9-7-19-11-17(21)22/h5-6,10,15,19H,3-4,7-9,11-12H2,1-2H3. The van der Waals surface area contributed by atoms with E-state index in [1.54, 1.807) is 24.0 Å². The van der Waals surface area contributed by atoms with Crippen LogP contribution in [0, 0.1) is 6.92 Å². The van der Waals surface area contributed by atoms with E-state index in [4.69, 9.17) is 0 Å². The van der Waals surface area contributed by atoms with Crippen LogP contribution in [0.15, 0.2) is 23.1 Å². The molecule has 2 fully saturated rings. The summed E-state index contributed by atoms with van der Waals surface area (Å²) in [7, 11) is -3.39. The maximum absolute atomic E-state index is 12.9. The Hall–Kier alpha value is -1.93. The number of benzene rings is 1. The molecule has 2 amide bonds. The molecule has 2 aliphatic rings. The number of nitrogens with zero attached hydrogens (tertiary/aromatic N) is 2. The van der Waals surface area contributed by atoms with Crippen LogP contribution in [0.2, 0.25) is 0 Å². The molecule has 0 aliphatic carbocycles. The lowest BCUT2D eigenvalue weighted by Crippen LogP contribution is -2.57. The van der Waals surface area contributed by atoms with E-state index in [1.165, 1.54) is 6.07 Å². The third-order valence-electron chi connectivity index (χ3n) is 5.09. The van der Waals surface area contributed by atoms with Crippen molar-refractivity contribution in [1.82, 2.24) is 15.1 Å². The summed E-state index contributed by atoms with van der Waals surface area (Å²) in [5.74, 6) is -0.104. The minimum absolute atomic E-state index is 0.0297. The largest absolute Gasteiger partial charge is 0.337 e. The Bertz CT molecular complexity index is 822. The normalized spacial score (nSPS) is 21.8. The third-order valence-corrected chi connectivity index (χ3v) is 6.32. The van der Waals surface area contributed by atoms with E-state index in [9.17, 15) is 18.0 Å². The van der Waals surface area contributed by atoms with Gasteiger partial charge in [-0.05, 0) is 37.5 Å². The zero-order valence-corrected chi connectivity index (χ0v) is 16.0. The van der Waals surface area contributed by atoms with Gasteiger partial charge in [0.25, 0.3) is 5.91 Å². The highest BCUT2D eigenvalue weighted by Crippen LogP contribution is 2.22. The lowest BCUT2D eigenvalue weighted by atomic mass is 10.0. The average molecular weight is 379 g/mol. The van der Waals surface area contributed by atoms with Crippen LogP contribution in [0.4, 0.5) is 0 Å². The monoisotopic (exact) mass is 379 g/mol. The van der Waals surface area contributed by atoms with Crippen molar-refractivity contribution >= 4 is 21.7 Å². The molecule has 0 bridgehead atoms. The number of likely N-dealkylation sites (tertiary alicyclic amines) is 1. The van der Waals surface area contributed by atoms with Gasteiger partial charge >= 0.3 is 0 Å². The summed E-state index contributed by atoms with van der Waals surface area (Å²) < 4.78 is 23.8. The van der Waals surface area contributed by atoms with Gasteiger partial charge in [0, 0.05) is 44.0 Å². The molecular formula is C18H25N3O4S. The SMILES string of the molecule is Cc1ccc(C(=O)N2CCCC(N3CCNCC3=O)C2)cc1S(C)(=O)=O. The van der Waals surface area contributed by atoms with Crippen molar-refractivity contribution < 1.29 is 18.0 Å². The Labute approximate surface area is 154 Å². The minimum Gasteiger partial charge on any atom is -0.337 e. The first-order chi connectivity index (χ1) is 12.3. The number of sulfone groups is 1. The maximum Gasteiger partial charge on any atom is 0.253 e. The topological polar surface area (TPSA) is 86.8 Å². The highest BCUT2D eigenvalue weighted by molar-refractivity contribution is 7.90. The minimum atomic E-state index is -3.39. The molecule has 2 saturated heterocycles. The fraction of sp³-hybridized carbons (Fsp3) is 0.556. The molecular weight excluding hydrogens is 354 g/mol. The van der Waals surface area contributed by atoms with Gasteiger partial charge in [-0.25, -0.2) is 8.42 Å². The smallest absolute Gasteiger partial charge is 0.253 e. The maximum atomic E-state index is 12.9. The molecule has 0 spiro atoms. The summed E-state index contributed by atoms with van der Waals surface area (Å²) in [5, 5.41) is 3.06. The van der Waals surface area contributed by atoms with Crippen LogP contribution >= 0.6 is 0 Å². The highest BCUT2D eigenvalue weighted by atomic mass is 32.2. The summed E-state index contributed by atoms with van der Waals surface area (Å²) in [6.45, 7) is 4.61. The predicted octanol–water partition coefficient (Wildman–Crippen LogP) is 0.435. The van der Waals surface area contributed by atoms with Gasteiger partial charge in [0.1, 0.15) is 0 Å². The number of rotatable bonds is 3. The Morgan fingerprint density at radius 3 is 2.73 bits per heavy atom. The molecule has 0 saturated carbocycles. The lowest BCUT2D eigenvalue weighted by Gasteiger charge is -2.41. The first-order valence-electron chi connectivity index (χ1n) is 8.87. The van der Waals surface area contributed by atoms with Crippen molar-refractivity contribution in [1.29, 1.82) is 0 Å². The molecule has 8 heteroatoms. The van der Waals surface area contributed by atoms with E-state index in [0.717, 1.165) is 25.6 Å². The summed E-state index contributed by atoms with van der Waals surface area (Å²) in [4.78, 5) is 28.8. The van der Waals surface area contributed by atoms with E-state index >= 15 is 0 Å². The van der Waals surface area contributed by atoms with Crippen LogP contribution in [-0.4, -0.2) is 75.1 Å². The van der Waals surface area contributed by atoms with Crippen molar-refractivity contribution in [3.63, 3.8) is 0 Å². The number of amides is 2. The second kappa shape index (κ2) is 7.36. The summed E-state index contributed by atoms with van der Waals surface area (Å²) >= 11 is 0. The molecule has 1 unspecified atom stereocenters. The number of piperidine rings is 1. The lowest BCUT2D eigenvalue weighted by molar-refractivity contribution is -0.135. The Balaban J connectivity index is 1.78. The van der Waals surface area contributed by atoms with Crippen molar-refractivity contribution in [3.8, 4) is 0 Å². The first kappa shape index (κ1) is 18.8. The third kappa shape index (κ3) is 3.91. The molecule has 0 aromatic heterocycles. The van der Waals surface area contributed by atoms with Crippen LogP contribution in [-0.2, 0) is 14.6 Å². The predicted molar refractivity (Wildman–Crippen MR) is 97.8 cm³/mol. The van der Waals surface area contributed by atoms with Crippen LogP contribution < -0.4 is 5.32 Å². The molecule has 142 valence electrons. The second-order valence-corrected chi connectivity index (χ2v) is 9.05. The van der Waals surface area contributed by atoms with Gasteiger partial charge < -0.3 is 15.1 Å². The fourth-order valence-electron chi connectivity index (χ4n) is 3.72. The number of carbonyl (C=O) groups is 2. The highest BCUT2D eigenvalue weighted by Gasteiger charge is 2.32. The number of hydrogen-bond donors (Lipinski definition) is 1. The quantitative estimate of drug-likeness (QED) is 0.823. The number of nitrogens with one attached hydrogen (secondary N) is 1. The molecule has 1 aromatic carbocycles. The first-order valence-corrected chi connectivity index (χ1v) is 10.8. The van der Waals surface area contributed by atoms with Crippen LogP contribution in [0.25, 0.3) is 0 Å². The van der Waals surface area contributed by atoms with Gasteiger partial charge in [-0.15, -0.1) is 0 Å². The van der Waals surface area contributed by atoms with E-state index in [-0.39, 0.29) is 22.8 Å². The summed E-state index contributed by atoms with van der Waals surface area (Å²) in [6, 6.07) is 4.84. The van der Waals surface area contributed by atoms with Gasteiger partial charge in [-0.1, -0.05) is 6.07 Å². The van der Waals surface area contributed by atoms with E-state index in [0.29, 0.717) is 37.3 Å². The molecule has 26 heavy (non-hydrogen) atoms. The zero-order valence-electron chi connectivity index (χ0n) is 15.2.